The summed E-state index contributed by atoms with van der Waals surface area (Å²) in [5.74, 6) is 1.74. The first-order valence-electron chi connectivity index (χ1n) is 8.92. The van der Waals surface area contributed by atoms with Crippen LogP contribution in [0.15, 0.2) is 30.3 Å². The lowest BCUT2D eigenvalue weighted by Gasteiger charge is -2.24. The fourth-order valence-electron chi connectivity index (χ4n) is 4.88. The highest BCUT2D eigenvalue weighted by molar-refractivity contribution is 5.21. The van der Waals surface area contributed by atoms with Crippen LogP contribution in [0.5, 0.6) is 0 Å². The van der Waals surface area contributed by atoms with Gasteiger partial charge in [0.15, 0.2) is 0 Å². The number of benzene rings is 1. The number of likely N-dealkylation sites (tertiary alicyclic amines) is 1. The van der Waals surface area contributed by atoms with Crippen LogP contribution in [0, 0.1) is 5.92 Å². The number of fused-ring (bicyclic) bond motifs is 1. The number of nitrogens with one attached hydrogen (secondary N) is 1. The molecule has 2 heterocycles. The first kappa shape index (κ1) is 13.8. The molecule has 114 valence electrons. The predicted molar refractivity (Wildman–Crippen MR) is 87.5 cm³/mol. The van der Waals surface area contributed by atoms with E-state index < -0.39 is 0 Å². The lowest BCUT2D eigenvalue weighted by molar-refractivity contribution is 0.294. The average molecular weight is 284 g/mol. The molecule has 21 heavy (non-hydrogen) atoms. The van der Waals surface area contributed by atoms with E-state index in [0.29, 0.717) is 0 Å². The molecule has 0 amide bonds. The van der Waals surface area contributed by atoms with Gasteiger partial charge in [0.2, 0.25) is 0 Å². The Morgan fingerprint density at radius 1 is 1.05 bits per heavy atom. The van der Waals surface area contributed by atoms with Crippen molar-refractivity contribution in [3.8, 4) is 0 Å². The SMILES string of the molecule is c1ccc(C2CCN(C[C@@H]3CC4CCCCC4N3)C2)cc1. The maximum absolute atomic E-state index is 3.93. The van der Waals surface area contributed by atoms with E-state index in [4.69, 9.17) is 0 Å². The van der Waals surface area contributed by atoms with Crippen LogP contribution in [0.25, 0.3) is 0 Å². The Hall–Kier alpha value is -0.860. The minimum atomic E-state index is 0.757. The molecule has 3 unspecified atom stereocenters. The van der Waals surface area contributed by atoms with Gasteiger partial charge in [0.25, 0.3) is 0 Å². The summed E-state index contributed by atoms with van der Waals surface area (Å²) in [6.07, 6.45) is 8.57. The quantitative estimate of drug-likeness (QED) is 0.915. The van der Waals surface area contributed by atoms with Crippen molar-refractivity contribution in [3.63, 3.8) is 0 Å². The Balaban J connectivity index is 1.31. The van der Waals surface area contributed by atoms with Crippen LogP contribution in [0.2, 0.25) is 0 Å². The predicted octanol–water partition coefficient (Wildman–Crippen LogP) is 3.40. The van der Waals surface area contributed by atoms with Crippen LogP contribution in [-0.4, -0.2) is 36.6 Å². The Labute approximate surface area is 128 Å². The monoisotopic (exact) mass is 284 g/mol. The molecule has 3 aliphatic rings. The maximum Gasteiger partial charge on any atom is 0.0200 e. The highest BCUT2D eigenvalue weighted by Crippen LogP contribution is 2.34. The van der Waals surface area contributed by atoms with Gasteiger partial charge >= 0.3 is 0 Å². The van der Waals surface area contributed by atoms with Gasteiger partial charge in [-0.15, -0.1) is 0 Å². The fraction of sp³-hybridized carbons (Fsp3) is 0.684. The van der Waals surface area contributed by atoms with E-state index in [9.17, 15) is 0 Å². The summed E-state index contributed by atoms with van der Waals surface area (Å²) in [4.78, 5) is 2.70. The molecule has 1 aromatic rings. The van der Waals surface area contributed by atoms with Crippen molar-refractivity contribution in [2.45, 2.75) is 56.5 Å². The van der Waals surface area contributed by atoms with E-state index in [-0.39, 0.29) is 0 Å². The molecule has 2 aliphatic heterocycles. The lowest BCUT2D eigenvalue weighted by atomic mass is 9.85. The summed E-state index contributed by atoms with van der Waals surface area (Å²) < 4.78 is 0. The average Bonchev–Trinajstić information content (AvgIpc) is 3.14. The third kappa shape index (κ3) is 3.02. The van der Waals surface area contributed by atoms with E-state index in [0.717, 1.165) is 23.9 Å². The molecule has 0 spiro atoms. The van der Waals surface area contributed by atoms with Crippen molar-refractivity contribution >= 4 is 0 Å². The van der Waals surface area contributed by atoms with Gasteiger partial charge in [0.05, 0.1) is 0 Å². The zero-order valence-electron chi connectivity index (χ0n) is 13.0. The topological polar surface area (TPSA) is 15.3 Å². The molecule has 2 saturated heterocycles. The third-order valence-electron chi connectivity index (χ3n) is 5.97. The van der Waals surface area contributed by atoms with Crippen LogP contribution in [0.1, 0.15) is 50.0 Å². The van der Waals surface area contributed by atoms with Gasteiger partial charge in [-0.25, -0.2) is 0 Å². The molecule has 0 aromatic heterocycles. The normalized spacial score (nSPS) is 36.8. The first-order valence-corrected chi connectivity index (χ1v) is 8.92. The zero-order chi connectivity index (χ0) is 14.1. The van der Waals surface area contributed by atoms with Crippen molar-refractivity contribution in [1.29, 1.82) is 0 Å². The van der Waals surface area contributed by atoms with E-state index in [1.165, 1.54) is 63.7 Å². The van der Waals surface area contributed by atoms with Gasteiger partial charge in [-0.05, 0) is 49.6 Å². The minimum absolute atomic E-state index is 0.757. The lowest BCUT2D eigenvalue weighted by Crippen LogP contribution is -2.39. The van der Waals surface area contributed by atoms with Gasteiger partial charge in [-0.3, -0.25) is 0 Å². The van der Waals surface area contributed by atoms with Gasteiger partial charge < -0.3 is 10.2 Å². The Morgan fingerprint density at radius 3 is 2.76 bits per heavy atom. The van der Waals surface area contributed by atoms with E-state index in [1.807, 2.05) is 0 Å². The third-order valence-corrected chi connectivity index (χ3v) is 5.97. The van der Waals surface area contributed by atoms with Gasteiger partial charge in [0.1, 0.15) is 0 Å². The zero-order valence-corrected chi connectivity index (χ0v) is 13.0. The molecule has 1 aromatic carbocycles. The van der Waals surface area contributed by atoms with Crippen LogP contribution in [-0.2, 0) is 0 Å². The van der Waals surface area contributed by atoms with Gasteiger partial charge in [-0.2, -0.15) is 0 Å². The molecule has 2 nitrogen and oxygen atoms in total. The van der Waals surface area contributed by atoms with Crippen LogP contribution in [0.3, 0.4) is 0 Å². The molecular formula is C19H28N2. The Morgan fingerprint density at radius 2 is 1.90 bits per heavy atom. The Bertz CT molecular complexity index is 444. The number of hydrogen-bond donors (Lipinski definition) is 1. The summed E-state index contributed by atoms with van der Waals surface area (Å²) in [7, 11) is 0. The highest BCUT2D eigenvalue weighted by atomic mass is 15.2. The number of hydrogen-bond acceptors (Lipinski definition) is 2. The minimum Gasteiger partial charge on any atom is -0.310 e. The summed E-state index contributed by atoms with van der Waals surface area (Å²) in [5.41, 5.74) is 1.54. The van der Waals surface area contributed by atoms with Gasteiger partial charge in [-0.1, -0.05) is 43.2 Å². The largest absolute Gasteiger partial charge is 0.310 e. The number of nitrogens with zero attached hydrogens (tertiary/aromatic N) is 1. The van der Waals surface area contributed by atoms with Crippen LogP contribution >= 0.6 is 0 Å². The summed E-state index contributed by atoms with van der Waals surface area (Å²) >= 11 is 0. The fourth-order valence-corrected chi connectivity index (χ4v) is 4.88. The molecule has 0 bridgehead atoms. The molecule has 4 atom stereocenters. The molecule has 1 N–H and O–H groups in total. The van der Waals surface area contributed by atoms with E-state index in [1.54, 1.807) is 0 Å². The number of rotatable bonds is 3. The second-order valence-electron chi connectivity index (χ2n) is 7.41. The molecule has 1 aliphatic carbocycles. The summed E-state index contributed by atoms with van der Waals surface area (Å²) in [6.45, 7) is 3.82. The van der Waals surface area contributed by atoms with Crippen molar-refractivity contribution in [3.05, 3.63) is 35.9 Å². The molecule has 1 saturated carbocycles. The van der Waals surface area contributed by atoms with E-state index in [2.05, 4.69) is 40.5 Å². The smallest absolute Gasteiger partial charge is 0.0200 e. The molecule has 4 rings (SSSR count). The van der Waals surface area contributed by atoms with Gasteiger partial charge in [0, 0.05) is 25.2 Å². The second-order valence-corrected chi connectivity index (χ2v) is 7.41. The van der Waals surface area contributed by atoms with Crippen molar-refractivity contribution < 1.29 is 0 Å². The summed E-state index contributed by atoms with van der Waals surface area (Å²) in [5, 5.41) is 3.93. The molecule has 0 radical (unpaired) electrons. The van der Waals surface area contributed by atoms with Crippen LogP contribution in [0.4, 0.5) is 0 Å². The highest BCUT2D eigenvalue weighted by Gasteiger charge is 2.36. The van der Waals surface area contributed by atoms with Crippen molar-refractivity contribution in [2.75, 3.05) is 19.6 Å². The Kier molecular flexibility index (Phi) is 4.00. The maximum atomic E-state index is 3.93. The van der Waals surface area contributed by atoms with Crippen LogP contribution < -0.4 is 5.32 Å². The second kappa shape index (κ2) is 6.10. The van der Waals surface area contributed by atoms with E-state index >= 15 is 0 Å². The standard InChI is InChI=1S/C19H28N2/c1-2-6-15(7-3-1)17-10-11-21(13-17)14-18-12-16-8-4-5-9-19(16)20-18/h1-3,6-7,16-20H,4-5,8-14H2/t16?,17?,18-,19?/m0/s1. The molecular weight excluding hydrogens is 256 g/mol. The van der Waals surface area contributed by atoms with Crippen molar-refractivity contribution in [2.24, 2.45) is 5.92 Å². The molecule has 2 heteroatoms. The van der Waals surface area contributed by atoms with Crippen molar-refractivity contribution in [1.82, 2.24) is 10.2 Å². The summed E-state index contributed by atoms with van der Waals surface area (Å²) in [6, 6.07) is 12.7. The first-order chi connectivity index (χ1) is 10.4. The molecule has 3 fully saturated rings.